The zero-order valence-electron chi connectivity index (χ0n) is 18.6. The minimum Gasteiger partial charge on any atom is -0.382 e. The quantitative estimate of drug-likeness (QED) is 0.327. The van der Waals surface area contributed by atoms with Crippen LogP contribution in [0.5, 0.6) is 0 Å². The molecule has 1 saturated heterocycles. The van der Waals surface area contributed by atoms with Crippen LogP contribution in [-0.2, 0) is 22.2 Å². The Morgan fingerprint density at radius 2 is 1.84 bits per heavy atom. The molecule has 1 aromatic rings. The zero-order chi connectivity index (χ0) is 22.7. The average molecular weight is 446 g/mol. The molecule has 0 aromatic heterocycles. The summed E-state index contributed by atoms with van der Waals surface area (Å²) in [6.45, 7) is 5.91. The number of anilines is 1. The van der Waals surface area contributed by atoms with E-state index in [1.807, 2.05) is 7.05 Å². The minimum absolute atomic E-state index is 0.246. The Labute approximate surface area is 182 Å². The average Bonchev–Trinajstić information content (AvgIpc) is 2.75. The number of guanidine groups is 1. The van der Waals surface area contributed by atoms with Crippen molar-refractivity contribution in [3.8, 4) is 0 Å². The van der Waals surface area contributed by atoms with Crippen LogP contribution >= 0.6 is 0 Å². The van der Waals surface area contributed by atoms with E-state index in [9.17, 15) is 13.2 Å². The third-order valence-electron chi connectivity index (χ3n) is 5.11. The number of benzene rings is 1. The van der Waals surface area contributed by atoms with Crippen molar-refractivity contribution >= 4 is 11.6 Å². The van der Waals surface area contributed by atoms with E-state index >= 15 is 0 Å². The van der Waals surface area contributed by atoms with Gasteiger partial charge < -0.3 is 29.9 Å². The molecule has 0 radical (unpaired) electrons. The number of rotatable bonds is 10. The molecule has 1 aliphatic rings. The monoisotopic (exact) mass is 445 g/mol. The highest BCUT2D eigenvalue weighted by molar-refractivity contribution is 5.79. The lowest BCUT2D eigenvalue weighted by molar-refractivity contribution is -0.137. The number of hydrogen-bond donors (Lipinski definition) is 2. The van der Waals surface area contributed by atoms with Crippen molar-refractivity contribution in [1.29, 1.82) is 0 Å². The van der Waals surface area contributed by atoms with Crippen molar-refractivity contribution in [2.24, 2.45) is 4.99 Å². The van der Waals surface area contributed by atoms with Crippen LogP contribution in [-0.4, -0.2) is 84.6 Å². The van der Waals surface area contributed by atoms with Crippen LogP contribution in [0, 0.1) is 0 Å². The molecule has 0 bridgehead atoms. The van der Waals surface area contributed by atoms with E-state index in [0.717, 1.165) is 44.4 Å². The van der Waals surface area contributed by atoms with E-state index in [1.165, 1.54) is 6.07 Å². The Morgan fingerprint density at radius 1 is 1.10 bits per heavy atom. The van der Waals surface area contributed by atoms with Gasteiger partial charge in [-0.25, -0.2) is 0 Å². The predicted octanol–water partition coefficient (Wildman–Crippen LogP) is 2.18. The summed E-state index contributed by atoms with van der Waals surface area (Å²) in [5.74, 6) is 0.540. The van der Waals surface area contributed by atoms with Crippen LogP contribution in [0.25, 0.3) is 0 Å². The number of halogens is 3. The van der Waals surface area contributed by atoms with Gasteiger partial charge >= 0.3 is 6.18 Å². The van der Waals surface area contributed by atoms with Crippen LogP contribution in [0.15, 0.2) is 23.2 Å². The second kappa shape index (κ2) is 12.7. The first kappa shape index (κ1) is 25.2. The predicted molar refractivity (Wildman–Crippen MR) is 117 cm³/mol. The van der Waals surface area contributed by atoms with Crippen molar-refractivity contribution < 1.29 is 22.6 Å². The number of nitrogens with zero attached hydrogens (tertiary/aromatic N) is 3. The minimum atomic E-state index is -4.38. The molecule has 2 N–H and O–H groups in total. The van der Waals surface area contributed by atoms with Gasteiger partial charge in [0.25, 0.3) is 0 Å². The lowest BCUT2D eigenvalue weighted by Crippen LogP contribution is -2.45. The second-order valence-electron chi connectivity index (χ2n) is 7.44. The largest absolute Gasteiger partial charge is 0.416 e. The number of methoxy groups -OCH3 is 1. The van der Waals surface area contributed by atoms with E-state index in [4.69, 9.17) is 9.47 Å². The third-order valence-corrected chi connectivity index (χ3v) is 5.11. The van der Waals surface area contributed by atoms with E-state index in [1.54, 1.807) is 20.2 Å². The molecule has 1 fully saturated rings. The molecule has 0 atom stereocenters. The molecule has 7 nitrogen and oxygen atoms in total. The molecular formula is C21H34F3N5O2. The van der Waals surface area contributed by atoms with Gasteiger partial charge in [0.05, 0.1) is 18.8 Å². The molecular weight excluding hydrogens is 411 g/mol. The smallest absolute Gasteiger partial charge is 0.382 e. The summed E-state index contributed by atoms with van der Waals surface area (Å²) >= 11 is 0. The summed E-state index contributed by atoms with van der Waals surface area (Å²) in [5.41, 5.74) is 0.791. The van der Waals surface area contributed by atoms with E-state index in [0.29, 0.717) is 37.9 Å². The summed E-state index contributed by atoms with van der Waals surface area (Å²) in [6.07, 6.45) is -3.60. The van der Waals surface area contributed by atoms with Crippen LogP contribution in [0.4, 0.5) is 18.9 Å². The highest BCUT2D eigenvalue weighted by atomic mass is 19.4. The number of likely N-dealkylation sites (N-methyl/N-ethyl adjacent to an activating group) is 1. The van der Waals surface area contributed by atoms with Gasteiger partial charge in [-0.1, -0.05) is 0 Å². The molecule has 10 heteroatoms. The second-order valence-corrected chi connectivity index (χ2v) is 7.44. The van der Waals surface area contributed by atoms with Crippen molar-refractivity contribution in [2.75, 3.05) is 78.6 Å². The molecule has 31 heavy (non-hydrogen) atoms. The van der Waals surface area contributed by atoms with Gasteiger partial charge in [-0.2, -0.15) is 13.2 Å². The van der Waals surface area contributed by atoms with Gasteiger partial charge in [-0.3, -0.25) is 4.99 Å². The molecule has 1 aromatic carbocycles. The summed E-state index contributed by atoms with van der Waals surface area (Å²) in [4.78, 5) is 8.52. The molecule has 0 aliphatic carbocycles. The Hall–Kier alpha value is -2.04. The van der Waals surface area contributed by atoms with Gasteiger partial charge in [0, 0.05) is 65.7 Å². The molecule has 176 valence electrons. The Bertz CT molecular complexity index is 692. The van der Waals surface area contributed by atoms with Gasteiger partial charge in [-0.15, -0.1) is 0 Å². The highest BCUT2D eigenvalue weighted by Gasteiger charge is 2.31. The Kier molecular flexibility index (Phi) is 10.4. The van der Waals surface area contributed by atoms with E-state index in [2.05, 4.69) is 25.4 Å². The summed E-state index contributed by atoms with van der Waals surface area (Å²) < 4.78 is 50.2. The fraction of sp³-hybridized carbons (Fsp3) is 0.667. The summed E-state index contributed by atoms with van der Waals surface area (Å²) in [5, 5.41) is 6.30. The van der Waals surface area contributed by atoms with Gasteiger partial charge in [-0.05, 0) is 37.2 Å². The standard InChI is InChI=1S/C21H34F3N5O2/c1-25-20(26-7-4-12-31-14-13-30-3)27-16-17-15-18(21(22,23)24)5-6-19(17)29-10-8-28(2)9-11-29/h5-6,15H,4,7-14,16H2,1-3H3,(H2,25,26,27). The van der Waals surface area contributed by atoms with Crippen molar-refractivity contribution in [1.82, 2.24) is 15.5 Å². The fourth-order valence-corrected chi connectivity index (χ4v) is 3.28. The first-order chi connectivity index (χ1) is 14.8. The topological polar surface area (TPSA) is 61.4 Å². The van der Waals surface area contributed by atoms with Crippen LogP contribution in [0.2, 0.25) is 0 Å². The molecule has 0 unspecified atom stereocenters. The zero-order valence-corrected chi connectivity index (χ0v) is 18.6. The normalized spacial score (nSPS) is 15.9. The number of hydrogen-bond acceptors (Lipinski definition) is 5. The SMILES string of the molecule is CN=C(NCCCOCCOC)NCc1cc(C(F)(F)F)ccc1N1CCN(C)CC1. The number of nitrogens with one attached hydrogen (secondary N) is 2. The molecule has 1 heterocycles. The third kappa shape index (κ3) is 8.54. The van der Waals surface area contributed by atoms with E-state index in [-0.39, 0.29) is 6.54 Å². The summed E-state index contributed by atoms with van der Waals surface area (Å²) in [7, 11) is 5.31. The maximum absolute atomic E-state index is 13.3. The first-order valence-electron chi connectivity index (χ1n) is 10.5. The molecule has 2 rings (SSSR count). The lowest BCUT2D eigenvalue weighted by atomic mass is 10.1. The molecule has 0 saturated carbocycles. The first-order valence-corrected chi connectivity index (χ1v) is 10.5. The highest BCUT2D eigenvalue weighted by Crippen LogP contribution is 2.33. The van der Waals surface area contributed by atoms with E-state index < -0.39 is 11.7 Å². The Balaban J connectivity index is 1.97. The van der Waals surface area contributed by atoms with Crippen molar-refractivity contribution in [2.45, 2.75) is 19.1 Å². The number of piperazine rings is 1. The van der Waals surface area contributed by atoms with Crippen LogP contribution in [0.3, 0.4) is 0 Å². The Morgan fingerprint density at radius 3 is 2.48 bits per heavy atom. The van der Waals surface area contributed by atoms with Gasteiger partial charge in [0.2, 0.25) is 0 Å². The van der Waals surface area contributed by atoms with Crippen LogP contribution in [0.1, 0.15) is 17.5 Å². The molecule has 0 amide bonds. The maximum atomic E-state index is 13.3. The van der Waals surface area contributed by atoms with Crippen molar-refractivity contribution in [3.05, 3.63) is 29.3 Å². The van der Waals surface area contributed by atoms with Crippen LogP contribution < -0.4 is 15.5 Å². The number of aliphatic imine (C=N–C) groups is 1. The fourth-order valence-electron chi connectivity index (χ4n) is 3.28. The number of ether oxygens (including phenoxy) is 2. The number of alkyl halides is 3. The van der Waals surface area contributed by atoms with Gasteiger partial charge in [0.15, 0.2) is 5.96 Å². The van der Waals surface area contributed by atoms with Gasteiger partial charge in [0.1, 0.15) is 0 Å². The summed E-state index contributed by atoms with van der Waals surface area (Å²) in [6, 6.07) is 3.98. The molecule has 1 aliphatic heterocycles. The molecule has 0 spiro atoms. The maximum Gasteiger partial charge on any atom is 0.416 e. The van der Waals surface area contributed by atoms with Crippen molar-refractivity contribution in [3.63, 3.8) is 0 Å². The lowest BCUT2D eigenvalue weighted by Gasteiger charge is -2.35.